The first kappa shape index (κ1) is 11.9. The van der Waals surface area contributed by atoms with Gasteiger partial charge in [0, 0.05) is 13.0 Å². The highest BCUT2D eigenvalue weighted by Gasteiger charge is 2.20. The first-order valence-electron chi connectivity index (χ1n) is 5.27. The topological polar surface area (TPSA) is 38.5 Å². The number of nitrogens with zero attached hydrogens (tertiary/aromatic N) is 1. The SMILES string of the molecule is C=C=C(CN1CCC(C(=C)N)CC1)OC.[HH]. The minimum Gasteiger partial charge on any atom is -0.492 e. The monoisotopic (exact) mass is 210 g/mol. The van der Waals surface area contributed by atoms with Gasteiger partial charge < -0.3 is 10.5 Å². The Balaban J connectivity index is 0.00000225. The van der Waals surface area contributed by atoms with Crippen LogP contribution in [0.15, 0.2) is 30.3 Å². The second kappa shape index (κ2) is 5.64. The molecule has 0 radical (unpaired) electrons. The van der Waals surface area contributed by atoms with Gasteiger partial charge in [-0.2, -0.15) is 0 Å². The van der Waals surface area contributed by atoms with E-state index in [9.17, 15) is 0 Å². The minimum atomic E-state index is 0. The molecule has 1 aliphatic rings. The van der Waals surface area contributed by atoms with E-state index in [0.717, 1.165) is 43.9 Å². The number of rotatable bonds is 4. The van der Waals surface area contributed by atoms with Gasteiger partial charge in [0.05, 0.1) is 13.7 Å². The maximum absolute atomic E-state index is 5.70. The fraction of sp³-hybridized carbons (Fsp3) is 0.583. The first-order chi connectivity index (χ1) is 7.17. The lowest BCUT2D eigenvalue weighted by atomic mass is 9.94. The maximum atomic E-state index is 5.70. The average Bonchev–Trinajstić information content (AvgIpc) is 2.26. The minimum absolute atomic E-state index is 0. The van der Waals surface area contributed by atoms with E-state index >= 15 is 0 Å². The van der Waals surface area contributed by atoms with Crippen LogP contribution in [0.3, 0.4) is 0 Å². The smallest absolute Gasteiger partial charge is 0.151 e. The van der Waals surface area contributed by atoms with Crippen LogP contribution in [0.2, 0.25) is 0 Å². The highest BCUT2D eigenvalue weighted by Crippen LogP contribution is 2.21. The van der Waals surface area contributed by atoms with Crippen LogP contribution in [-0.2, 0) is 4.74 Å². The van der Waals surface area contributed by atoms with Crippen LogP contribution in [0.25, 0.3) is 0 Å². The quantitative estimate of drug-likeness (QED) is 0.567. The zero-order valence-corrected chi connectivity index (χ0v) is 9.46. The number of nitrogens with two attached hydrogens (primary N) is 1. The Kier molecular flexibility index (Phi) is 4.47. The van der Waals surface area contributed by atoms with E-state index in [1.54, 1.807) is 7.11 Å². The van der Waals surface area contributed by atoms with Crippen LogP contribution < -0.4 is 5.73 Å². The molecule has 0 aromatic carbocycles. The molecule has 0 amide bonds. The summed E-state index contributed by atoms with van der Waals surface area (Å²) >= 11 is 0. The lowest BCUT2D eigenvalue weighted by molar-refractivity contribution is 0.173. The molecule has 1 heterocycles. The van der Waals surface area contributed by atoms with E-state index in [-0.39, 0.29) is 1.43 Å². The van der Waals surface area contributed by atoms with Crippen molar-refractivity contribution in [3.8, 4) is 0 Å². The Morgan fingerprint density at radius 1 is 1.60 bits per heavy atom. The number of hydrogen-bond acceptors (Lipinski definition) is 3. The third-order valence-corrected chi connectivity index (χ3v) is 2.92. The molecule has 2 N–H and O–H groups in total. The zero-order valence-electron chi connectivity index (χ0n) is 9.46. The van der Waals surface area contributed by atoms with E-state index in [0.29, 0.717) is 5.92 Å². The summed E-state index contributed by atoms with van der Waals surface area (Å²) in [5.74, 6) is 1.29. The molecule has 0 unspecified atom stereocenters. The number of likely N-dealkylation sites (tertiary alicyclic amines) is 1. The van der Waals surface area contributed by atoms with E-state index in [4.69, 9.17) is 10.5 Å². The van der Waals surface area contributed by atoms with Crippen molar-refractivity contribution in [1.82, 2.24) is 4.90 Å². The van der Waals surface area contributed by atoms with Crippen LogP contribution in [0.5, 0.6) is 0 Å². The number of piperidine rings is 1. The second-order valence-electron chi connectivity index (χ2n) is 3.93. The van der Waals surface area contributed by atoms with E-state index in [1.165, 1.54) is 0 Å². The molecule has 1 saturated heterocycles. The normalized spacial score (nSPS) is 18.2. The largest absolute Gasteiger partial charge is 0.492 e. The molecule has 0 atom stereocenters. The van der Waals surface area contributed by atoms with Crippen LogP contribution in [0.4, 0.5) is 0 Å². The van der Waals surface area contributed by atoms with Crippen LogP contribution >= 0.6 is 0 Å². The zero-order chi connectivity index (χ0) is 11.3. The van der Waals surface area contributed by atoms with Gasteiger partial charge in [-0.25, -0.2) is 0 Å². The number of ether oxygens (including phenoxy) is 1. The molecule has 3 nitrogen and oxygen atoms in total. The van der Waals surface area contributed by atoms with Crippen molar-refractivity contribution in [2.45, 2.75) is 12.8 Å². The van der Waals surface area contributed by atoms with E-state index in [1.807, 2.05) is 0 Å². The van der Waals surface area contributed by atoms with Crippen molar-refractivity contribution in [2.75, 3.05) is 26.7 Å². The van der Waals surface area contributed by atoms with Crippen molar-refractivity contribution in [3.05, 3.63) is 30.3 Å². The fourth-order valence-electron chi connectivity index (χ4n) is 1.86. The van der Waals surface area contributed by atoms with Crippen LogP contribution in [0.1, 0.15) is 14.3 Å². The number of hydrogen-bond donors (Lipinski definition) is 1. The summed E-state index contributed by atoms with van der Waals surface area (Å²) in [5.41, 5.74) is 9.31. The van der Waals surface area contributed by atoms with Crippen molar-refractivity contribution in [1.29, 1.82) is 0 Å². The Morgan fingerprint density at radius 3 is 2.60 bits per heavy atom. The third kappa shape index (κ3) is 3.46. The molecule has 1 fully saturated rings. The lowest BCUT2D eigenvalue weighted by Crippen LogP contribution is -2.36. The Hall–Kier alpha value is -1.18. The summed E-state index contributed by atoms with van der Waals surface area (Å²) in [5, 5.41) is 0. The van der Waals surface area contributed by atoms with E-state index < -0.39 is 0 Å². The fourth-order valence-corrected chi connectivity index (χ4v) is 1.86. The molecule has 0 aromatic rings. The predicted octanol–water partition coefficient (Wildman–Crippen LogP) is 1.73. The summed E-state index contributed by atoms with van der Waals surface area (Å²) in [6.45, 7) is 10.3. The third-order valence-electron chi connectivity index (χ3n) is 2.92. The van der Waals surface area contributed by atoms with Gasteiger partial charge in [-0.3, -0.25) is 4.90 Å². The van der Waals surface area contributed by atoms with Gasteiger partial charge in [0.15, 0.2) is 5.76 Å². The molecule has 0 bridgehead atoms. The summed E-state index contributed by atoms with van der Waals surface area (Å²) in [4.78, 5) is 2.33. The highest BCUT2D eigenvalue weighted by molar-refractivity contribution is 4.99. The Bertz CT molecular complexity index is 277. The second-order valence-corrected chi connectivity index (χ2v) is 3.93. The predicted molar refractivity (Wildman–Crippen MR) is 64.3 cm³/mol. The van der Waals surface area contributed by atoms with Crippen molar-refractivity contribution < 1.29 is 6.16 Å². The van der Waals surface area contributed by atoms with Crippen molar-refractivity contribution in [2.24, 2.45) is 11.7 Å². The molecule has 1 aliphatic heterocycles. The van der Waals surface area contributed by atoms with Gasteiger partial charge in [-0.05, 0) is 25.9 Å². The van der Waals surface area contributed by atoms with Crippen molar-refractivity contribution >= 4 is 0 Å². The number of methoxy groups -OCH3 is 1. The van der Waals surface area contributed by atoms with Gasteiger partial charge in [0.1, 0.15) is 0 Å². The molecular formula is C12H22N2O. The summed E-state index contributed by atoms with van der Waals surface area (Å²) in [6.07, 6.45) is 2.17. The molecule has 0 aromatic heterocycles. The van der Waals surface area contributed by atoms with Gasteiger partial charge in [-0.15, -0.1) is 0 Å². The number of allylic oxidation sites excluding steroid dienone is 1. The molecule has 0 saturated carbocycles. The average molecular weight is 210 g/mol. The van der Waals surface area contributed by atoms with Crippen LogP contribution in [0, 0.1) is 5.92 Å². The summed E-state index contributed by atoms with van der Waals surface area (Å²) in [7, 11) is 1.65. The van der Waals surface area contributed by atoms with Gasteiger partial charge in [0.25, 0.3) is 0 Å². The molecule has 86 valence electrons. The molecule has 1 rings (SSSR count). The Morgan fingerprint density at radius 2 is 2.20 bits per heavy atom. The first-order valence-corrected chi connectivity index (χ1v) is 5.27. The molecule has 15 heavy (non-hydrogen) atoms. The van der Waals surface area contributed by atoms with E-state index in [2.05, 4.69) is 23.8 Å². The maximum Gasteiger partial charge on any atom is 0.151 e. The van der Waals surface area contributed by atoms with Gasteiger partial charge in [-0.1, -0.05) is 18.9 Å². The molecule has 0 spiro atoms. The molecule has 3 heteroatoms. The summed E-state index contributed by atoms with van der Waals surface area (Å²) < 4.78 is 5.14. The van der Waals surface area contributed by atoms with Crippen molar-refractivity contribution in [3.63, 3.8) is 0 Å². The molecule has 0 aliphatic carbocycles. The lowest BCUT2D eigenvalue weighted by Gasteiger charge is -2.31. The summed E-state index contributed by atoms with van der Waals surface area (Å²) in [6, 6.07) is 0. The van der Waals surface area contributed by atoms with Crippen LogP contribution in [-0.4, -0.2) is 31.6 Å². The van der Waals surface area contributed by atoms with Gasteiger partial charge in [0.2, 0.25) is 0 Å². The molecular weight excluding hydrogens is 188 g/mol. The standard InChI is InChI=1S/C12H20N2O.H2/c1-4-12(15-3)9-14-7-5-11(6-8-14)10(2)13;/h11H,1-2,5-9,13H2,3H3;1H. The van der Waals surface area contributed by atoms with Gasteiger partial charge >= 0.3 is 0 Å². The highest BCUT2D eigenvalue weighted by atomic mass is 16.5. The Labute approximate surface area is 93.4 Å².